The standard InChI is InChI=1S/C25H22N2O3/c1-16-11-13-17(14-12-16)15-22(25(29)30-2)27-24(28)23-18-7-3-5-9-20(18)26-21-10-6-4-8-19(21)23/h3-14,22H,15H2,1-2H3,(H,27,28)/t22-/m0/s1. The van der Waals surface area contributed by atoms with Crippen LogP contribution in [0, 0.1) is 6.92 Å². The zero-order valence-corrected chi connectivity index (χ0v) is 16.9. The Morgan fingerprint density at radius 1 is 0.900 bits per heavy atom. The number of ether oxygens (including phenoxy) is 1. The number of pyridine rings is 1. The van der Waals surface area contributed by atoms with Crippen LogP contribution in [0.2, 0.25) is 0 Å². The first-order chi connectivity index (χ1) is 14.6. The zero-order valence-electron chi connectivity index (χ0n) is 16.9. The second-order valence-corrected chi connectivity index (χ2v) is 7.26. The van der Waals surface area contributed by atoms with E-state index in [1.54, 1.807) is 0 Å². The van der Waals surface area contributed by atoms with Gasteiger partial charge >= 0.3 is 5.97 Å². The van der Waals surface area contributed by atoms with Gasteiger partial charge < -0.3 is 10.1 Å². The Hall–Kier alpha value is -3.73. The Morgan fingerprint density at radius 3 is 2.03 bits per heavy atom. The Morgan fingerprint density at radius 2 is 1.47 bits per heavy atom. The number of carbonyl (C=O) groups excluding carboxylic acids is 2. The number of benzene rings is 3. The Bertz CT molecular complexity index is 1180. The lowest BCUT2D eigenvalue weighted by Crippen LogP contribution is -2.43. The van der Waals surface area contributed by atoms with Crippen molar-refractivity contribution in [2.45, 2.75) is 19.4 Å². The lowest BCUT2D eigenvalue weighted by Gasteiger charge is -2.18. The summed E-state index contributed by atoms with van der Waals surface area (Å²) >= 11 is 0. The molecule has 0 radical (unpaired) electrons. The minimum Gasteiger partial charge on any atom is -0.467 e. The van der Waals surface area contributed by atoms with Crippen molar-refractivity contribution in [3.05, 3.63) is 89.5 Å². The number of aryl methyl sites for hydroxylation is 1. The van der Waals surface area contributed by atoms with Crippen molar-refractivity contribution in [2.24, 2.45) is 0 Å². The Balaban J connectivity index is 1.74. The quantitative estimate of drug-likeness (QED) is 0.404. The molecule has 1 amide bonds. The van der Waals surface area contributed by atoms with E-state index < -0.39 is 12.0 Å². The highest BCUT2D eigenvalue weighted by Crippen LogP contribution is 2.26. The van der Waals surface area contributed by atoms with Crippen molar-refractivity contribution in [3.63, 3.8) is 0 Å². The smallest absolute Gasteiger partial charge is 0.328 e. The molecular weight excluding hydrogens is 376 g/mol. The molecule has 0 saturated carbocycles. The van der Waals surface area contributed by atoms with Gasteiger partial charge in [-0.1, -0.05) is 66.2 Å². The van der Waals surface area contributed by atoms with Crippen LogP contribution in [0.3, 0.4) is 0 Å². The van der Waals surface area contributed by atoms with Crippen LogP contribution in [-0.2, 0) is 16.0 Å². The van der Waals surface area contributed by atoms with Gasteiger partial charge in [0.25, 0.3) is 5.91 Å². The molecule has 5 heteroatoms. The van der Waals surface area contributed by atoms with Gasteiger partial charge in [-0.2, -0.15) is 0 Å². The number of aromatic nitrogens is 1. The maximum absolute atomic E-state index is 13.4. The lowest BCUT2D eigenvalue weighted by molar-refractivity contribution is -0.142. The molecule has 0 aliphatic heterocycles. The van der Waals surface area contributed by atoms with Crippen molar-refractivity contribution in [3.8, 4) is 0 Å². The summed E-state index contributed by atoms with van der Waals surface area (Å²) in [5, 5.41) is 4.38. The number of nitrogens with one attached hydrogen (secondary N) is 1. The van der Waals surface area contributed by atoms with Crippen molar-refractivity contribution < 1.29 is 14.3 Å². The fourth-order valence-electron chi connectivity index (χ4n) is 3.61. The van der Waals surface area contributed by atoms with Gasteiger partial charge in [0.15, 0.2) is 0 Å². The molecule has 3 aromatic carbocycles. The van der Waals surface area contributed by atoms with Gasteiger partial charge in [0, 0.05) is 17.2 Å². The van der Waals surface area contributed by atoms with Crippen LogP contribution in [0.1, 0.15) is 21.5 Å². The van der Waals surface area contributed by atoms with Crippen molar-refractivity contribution in [1.82, 2.24) is 10.3 Å². The molecule has 0 aliphatic rings. The van der Waals surface area contributed by atoms with Crippen LogP contribution in [0.25, 0.3) is 21.8 Å². The van der Waals surface area contributed by atoms with Crippen LogP contribution < -0.4 is 5.32 Å². The third-order valence-electron chi connectivity index (χ3n) is 5.17. The largest absolute Gasteiger partial charge is 0.467 e. The zero-order chi connectivity index (χ0) is 21.1. The van der Waals surface area contributed by atoms with E-state index in [2.05, 4.69) is 10.3 Å². The molecule has 1 N–H and O–H groups in total. The summed E-state index contributed by atoms with van der Waals surface area (Å²) in [6.07, 6.45) is 0.347. The summed E-state index contributed by atoms with van der Waals surface area (Å²) in [4.78, 5) is 30.5. The minimum atomic E-state index is -0.795. The van der Waals surface area contributed by atoms with E-state index in [1.807, 2.05) is 79.7 Å². The topological polar surface area (TPSA) is 68.3 Å². The number of nitrogens with zero attached hydrogens (tertiary/aromatic N) is 1. The van der Waals surface area contributed by atoms with E-state index in [0.717, 1.165) is 32.9 Å². The first kappa shape index (κ1) is 19.6. The monoisotopic (exact) mass is 398 g/mol. The molecule has 0 saturated heterocycles. The minimum absolute atomic E-state index is 0.327. The van der Waals surface area contributed by atoms with Crippen LogP contribution >= 0.6 is 0 Å². The van der Waals surface area contributed by atoms with E-state index in [9.17, 15) is 9.59 Å². The molecule has 1 aromatic heterocycles. The summed E-state index contributed by atoms with van der Waals surface area (Å²) in [6.45, 7) is 2.00. The van der Waals surface area contributed by atoms with Gasteiger partial charge in [-0.05, 0) is 24.6 Å². The summed E-state index contributed by atoms with van der Waals surface area (Å²) < 4.78 is 4.95. The van der Waals surface area contributed by atoms with Crippen LogP contribution in [0.15, 0.2) is 72.8 Å². The van der Waals surface area contributed by atoms with Gasteiger partial charge in [0.05, 0.1) is 23.7 Å². The molecule has 0 fully saturated rings. The average molecular weight is 398 g/mol. The summed E-state index contributed by atoms with van der Waals surface area (Å²) in [5.41, 5.74) is 4.05. The Kier molecular flexibility index (Phi) is 5.44. The molecule has 30 heavy (non-hydrogen) atoms. The van der Waals surface area contributed by atoms with E-state index >= 15 is 0 Å². The van der Waals surface area contributed by atoms with Crippen LogP contribution in [0.4, 0.5) is 0 Å². The second kappa shape index (κ2) is 8.33. The molecule has 1 atom stereocenters. The van der Waals surface area contributed by atoms with E-state index in [0.29, 0.717) is 12.0 Å². The molecular formula is C25H22N2O3. The summed E-state index contributed by atoms with van der Waals surface area (Å²) in [6, 6.07) is 22.1. The van der Waals surface area contributed by atoms with Gasteiger partial charge in [-0.25, -0.2) is 9.78 Å². The molecule has 0 aliphatic carbocycles. The number of hydrogen-bond acceptors (Lipinski definition) is 4. The molecule has 0 unspecified atom stereocenters. The average Bonchev–Trinajstić information content (AvgIpc) is 2.77. The number of fused-ring (bicyclic) bond motifs is 2. The number of para-hydroxylation sites is 2. The number of methoxy groups -OCH3 is 1. The van der Waals surface area contributed by atoms with Gasteiger partial charge in [0.1, 0.15) is 6.04 Å². The number of amides is 1. The lowest BCUT2D eigenvalue weighted by atomic mass is 10.0. The van der Waals surface area contributed by atoms with Crippen LogP contribution in [-0.4, -0.2) is 30.0 Å². The predicted octanol–water partition coefficient (Wildman–Crippen LogP) is 4.21. The van der Waals surface area contributed by atoms with E-state index in [1.165, 1.54) is 7.11 Å². The van der Waals surface area contributed by atoms with Gasteiger partial charge in [0.2, 0.25) is 0 Å². The molecule has 1 heterocycles. The number of esters is 1. The SMILES string of the molecule is COC(=O)[C@H](Cc1ccc(C)cc1)NC(=O)c1c2ccccc2nc2ccccc12. The molecule has 150 valence electrons. The van der Waals surface area contributed by atoms with Crippen LogP contribution in [0.5, 0.6) is 0 Å². The van der Waals surface area contributed by atoms with Gasteiger partial charge in [-0.15, -0.1) is 0 Å². The molecule has 5 nitrogen and oxygen atoms in total. The highest BCUT2D eigenvalue weighted by atomic mass is 16.5. The van der Waals surface area contributed by atoms with Crippen molar-refractivity contribution >= 4 is 33.7 Å². The molecule has 4 rings (SSSR count). The number of hydrogen-bond donors (Lipinski definition) is 1. The third kappa shape index (κ3) is 3.87. The maximum Gasteiger partial charge on any atom is 0.328 e. The summed E-state index contributed by atoms with van der Waals surface area (Å²) in [5.74, 6) is -0.807. The Labute approximate surface area is 174 Å². The normalized spacial score (nSPS) is 11.9. The predicted molar refractivity (Wildman–Crippen MR) is 117 cm³/mol. The first-order valence-corrected chi connectivity index (χ1v) is 9.78. The maximum atomic E-state index is 13.4. The summed E-state index contributed by atoms with van der Waals surface area (Å²) in [7, 11) is 1.33. The highest BCUT2D eigenvalue weighted by molar-refractivity contribution is 6.16. The number of rotatable bonds is 5. The van der Waals surface area contributed by atoms with E-state index in [4.69, 9.17) is 4.74 Å². The molecule has 0 bridgehead atoms. The first-order valence-electron chi connectivity index (χ1n) is 9.78. The second-order valence-electron chi connectivity index (χ2n) is 7.26. The van der Waals surface area contributed by atoms with Gasteiger partial charge in [-0.3, -0.25) is 4.79 Å². The fourth-order valence-corrected chi connectivity index (χ4v) is 3.61. The fraction of sp³-hybridized carbons (Fsp3) is 0.160. The van der Waals surface area contributed by atoms with Crippen molar-refractivity contribution in [2.75, 3.05) is 7.11 Å². The molecule has 0 spiro atoms. The number of carbonyl (C=O) groups is 2. The van der Waals surface area contributed by atoms with Crippen molar-refractivity contribution in [1.29, 1.82) is 0 Å². The highest BCUT2D eigenvalue weighted by Gasteiger charge is 2.25. The molecule has 4 aromatic rings. The van der Waals surface area contributed by atoms with E-state index in [-0.39, 0.29) is 5.91 Å². The third-order valence-corrected chi connectivity index (χ3v) is 5.17.